The van der Waals surface area contributed by atoms with E-state index >= 15 is 0 Å². The Morgan fingerprint density at radius 3 is 0.693 bits per heavy atom. The molecule has 0 N–H and O–H groups in total. The molecule has 0 spiro atoms. The Labute approximate surface area is 485 Å². The van der Waals surface area contributed by atoms with E-state index in [0.29, 0.717) is 20.7 Å². The molecule has 4 aromatic carbocycles. The molecular formula is C62H108Ge2S3Si8. The standard InChI is InChI=1S/C62H108Ge2S3Si8/c1-61(2,3)47-41-49(57(68(7,8)9)69(10,11)12)55(50(42-47)58(70(13,14)15)71(16,17)18)63-53(45-37-33-31-34-38-45)54(46-39-35-32-36-40-46)64(65-63,67-66-63)56-51(59(72(19,20)21)73(22,23)24)43-48(62(4,5)6)44-52(56)60(74(25,26)27)75(28,29)30/h31-44,57-60H,1-30H3. The molecule has 1 saturated heterocycles. The zero-order valence-electron chi connectivity index (χ0n) is 53.6. The molecule has 414 valence electrons. The van der Waals surface area contributed by atoms with Crippen molar-refractivity contribution in [2.45, 2.75) is 230 Å². The maximum absolute atomic E-state index is 3.74. The molecule has 2 bridgehead atoms. The van der Waals surface area contributed by atoms with Gasteiger partial charge in [0.1, 0.15) is 0 Å². The molecule has 0 saturated carbocycles. The van der Waals surface area contributed by atoms with Gasteiger partial charge in [0.25, 0.3) is 0 Å². The van der Waals surface area contributed by atoms with E-state index in [0.717, 1.165) is 0 Å². The molecule has 0 amide bonds. The molecule has 2 atom stereocenters. The molecule has 0 radical (unpaired) electrons. The summed E-state index contributed by atoms with van der Waals surface area (Å²) >= 11 is 0. The summed E-state index contributed by atoms with van der Waals surface area (Å²) in [6.45, 7) is 81.6. The van der Waals surface area contributed by atoms with E-state index in [4.69, 9.17) is 0 Å². The van der Waals surface area contributed by atoms with Crippen molar-refractivity contribution in [2.75, 3.05) is 0 Å². The first-order chi connectivity index (χ1) is 33.5. The van der Waals surface area contributed by atoms with Crippen LogP contribution in [0.1, 0.15) is 107 Å². The average Bonchev–Trinajstić information content (AvgIpc) is 3.69. The molecule has 0 nitrogen and oxygen atoms in total. The second-order valence-corrected chi connectivity index (χ2v) is 120. The van der Waals surface area contributed by atoms with Gasteiger partial charge in [-0.25, -0.2) is 0 Å². The van der Waals surface area contributed by atoms with E-state index in [9.17, 15) is 0 Å². The summed E-state index contributed by atoms with van der Waals surface area (Å²) < 4.78 is 7.67. The average molecular weight is 1320 g/mol. The van der Waals surface area contributed by atoms with Crippen LogP contribution < -0.4 is 8.79 Å². The van der Waals surface area contributed by atoms with Crippen LogP contribution >= 0.6 is 26.7 Å². The van der Waals surface area contributed by atoms with Crippen LogP contribution in [0.25, 0.3) is 8.81 Å². The van der Waals surface area contributed by atoms with E-state index in [1.54, 1.807) is 22.3 Å². The van der Waals surface area contributed by atoms with Crippen LogP contribution in [0.3, 0.4) is 0 Å². The van der Waals surface area contributed by atoms with Crippen molar-refractivity contribution in [1.82, 2.24) is 0 Å². The van der Waals surface area contributed by atoms with Gasteiger partial charge in [-0.05, 0) is 0 Å². The monoisotopic (exact) mass is 1320 g/mol. The normalized spacial score (nSPS) is 20.0. The second-order valence-electron chi connectivity index (χ2n) is 34.2. The molecule has 75 heavy (non-hydrogen) atoms. The minimum absolute atomic E-state index is 0.0405. The van der Waals surface area contributed by atoms with Crippen LogP contribution in [-0.4, -0.2) is 86.6 Å². The van der Waals surface area contributed by atoms with Gasteiger partial charge >= 0.3 is 490 Å². The Morgan fingerprint density at radius 1 is 0.320 bits per heavy atom. The first kappa shape index (κ1) is 64.7. The van der Waals surface area contributed by atoms with E-state index in [1.807, 2.05) is 39.9 Å². The van der Waals surface area contributed by atoms with Gasteiger partial charge in [-0.1, -0.05) is 0 Å². The number of rotatable bonds is 16. The van der Waals surface area contributed by atoms with Crippen molar-refractivity contribution in [1.29, 1.82) is 0 Å². The van der Waals surface area contributed by atoms with Crippen molar-refractivity contribution in [3.8, 4) is 0 Å². The van der Waals surface area contributed by atoms with Crippen LogP contribution in [-0.2, 0) is 10.8 Å². The summed E-state index contributed by atoms with van der Waals surface area (Å²) in [6, 6.07) is 36.4. The molecular weight excluding hydrogens is 1210 g/mol. The number of fused-ring (bicyclic) bond motifs is 2. The van der Waals surface area contributed by atoms with Crippen molar-refractivity contribution < 1.29 is 0 Å². The van der Waals surface area contributed by atoms with Gasteiger partial charge in [-0.3, -0.25) is 0 Å². The minimum atomic E-state index is -3.74. The Balaban J connectivity index is 2.09. The molecule has 2 aliphatic heterocycles. The fourth-order valence-corrected chi connectivity index (χ4v) is 232. The molecule has 2 aliphatic rings. The van der Waals surface area contributed by atoms with Gasteiger partial charge in [-0.2, -0.15) is 0 Å². The van der Waals surface area contributed by atoms with Gasteiger partial charge in [0, 0.05) is 0 Å². The molecule has 0 aromatic heterocycles. The predicted molar refractivity (Wildman–Crippen MR) is 381 cm³/mol. The molecule has 13 heteroatoms. The van der Waals surface area contributed by atoms with Gasteiger partial charge < -0.3 is 0 Å². The molecule has 0 aliphatic carbocycles. The Kier molecular flexibility index (Phi) is 18.3. The predicted octanol–water partition coefficient (Wildman–Crippen LogP) is 20.5. The van der Waals surface area contributed by atoms with E-state index in [-0.39, 0.29) is 10.8 Å². The van der Waals surface area contributed by atoms with E-state index in [2.05, 4.69) is 310 Å². The van der Waals surface area contributed by atoms with Gasteiger partial charge in [-0.15, -0.1) is 0 Å². The summed E-state index contributed by atoms with van der Waals surface area (Å²) in [5, 5.41) is 2.56. The van der Waals surface area contributed by atoms with Crippen LogP contribution in [0, 0.1) is 0 Å². The zero-order chi connectivity index (χ0) is 57.3. The number of hydrogen-bond acceptors (Lipinski definition) is 3. The Hall–Kier alpha value is 0.491. The SMILES string of the molecule is CC(C)(C)c1cc(C([Si](C)(C)C)[Si](C)(C)C)[c]([Ge]23[S][S][Ge]([c]4c(C([Si](C)(C)C)[Si](C)(C)C)cc(C(C)(C)C)cc4C([Si](C)(C)C)[Si](C)(C)C)([S]2)[C](c2ccccc2)=[C]3c2ccccc2)c(C([Si](C)(C)C)[Si](C)(C)C)c1. The first-order valence-electron chi connectivity index (χ1n) is 28.8. The van der Waals surface area contributed by atoms with Crippen LogP contribution in [0.2, 0.25) is 157 Å². The Bertz CT molecular complexity index is 2410. The number of benzene rings is 4. The summed E-state index contributed by atoms with van der Waals surface area (Å²) in [5.41, 5.74) is 13.8. The first-order valence-corrected chi connectivity index (χ1v) is 74.9. The van der Waals surface area contributed by atoms with Crippen LogP contribution in [0.5, 0.6) is 0 Å². The summed E-state index contributed by atoms with van der Waals surface area (Å²) in [6.07, 6.45) is 0. The quantitative estimate of drug-likeness (QED) is 0.0811. The molecule has 2 unspecified atom stereocenters. The second kappa shape index (κ2) is 21.3. The van der Waals surface area contributed by atoms with Crippen molar-refractivity contribution in [3.63, 3.8) is 0 Å². The van der Waals surface area contributed by atoms with Crippen LogP contribution in [0.4, 0.5) is 0 Å². The van der Waals surface area contributed by atoms with Gasteiger partial charge in [0.2, 0.25) is 0 Å². The van der Waals surface area contributed by atoms with Crippen molar-refractivity contribution in [3.05, 3.63) is 129 Å². The van der Waals surface area contributed by atoms with Gasteiger partial charge in [0.15, 0.2) is 0 Å². The fourth-order valence-electron chi connectivity index (χ4n) is 16.0. The van der Waals surface area contributed by atoms with Gasteiger partial charge in [0.05, 0.1) is 0 Å². The molecule has 6 rings (SSSR count). The van der Waals surface area contributed by atoms with Crippen LogP contribution in [0.15, 0.2) is 84.9 Å². The zero-order valence-corrected chi connectivity index (χ0v) is 68.3. The number of hydrogen-bond donors (Lipinski definition) is 0. The fraction of sp³-hybridized carbons (Fsp3) is 0.581. The summed E-state index contributed by atoms with van der Waals surface area (Å²) in [4.78, 5) is 0. The van der Waals surface area contributed by atoms with E-state index in [1.165, 1.54) is 0 Å². The third kappa shape index (κ3) is 13.0. The molecule has 2 heterocycles. The van der Waals surface area contributed by atoms with E-state index < -0.39 is 86.6 Å². The Morgan fingerprint density at radius 2 is 0.520 bits per heavy atom. The maximum atomic E-state index is 2.93. The molecule has 1 fully saturated rings. The van der Waals surface area contributed by atoms with Crippen molar-refractivity contribution >= 4 is 131 Å². The third-order valence-electron chi connectivity index (χ3n) is 16.6. The third-order valence-corrected chi connectivity index (χ3v) is 137. The van der Waals surface area contributed by atoms with Crippen molar-refractivity contribution in [2.24, 2.45) is 0 Å². The summed E-state index contributed by atoms with van der Waals surface area (Å²) in [7, 11) is -14.1. The topological polar surface area (TPSA) is 0 Å². The molecule has 4 aromatic rings. The summed E-state index contributed by atoms with van der Waals surface area (Å²) in [5.74, 6) is 0.